The fourth-order valence-electron chi connectivity index (χ4n) is 3.04. The number of nitrogens with zero attached hydrogens (tertiary/aromatic N) is 1. The standard InChI is InChI=1S/C21H23NO2S/c1-2-21(23)22(16-18-10-7-15-25-18)13-12-19(20-11-6-14-24-20)17-8-4-3-5-9-17/h3-11,14-15,19H,2,12-13,16H2,1H3/t19-/m0/s1. The second kappa shape index (κ2) is 8.67. The molecule has 0 fully saturated rings. The van der Waals surface area contributed by atoms with Crippen molar-refractivity contribution in [2.45, 2.75) is 32.2 Å². The summed E-state index contributed by atoms with van der Waals surface area (Å²) < 4.78 is 5.67. The Morgan fingerprint density at radius 1 is 1.12 bits per heavy atom. The van der Waals surface area contributed by atoms with Crippen molar-refractivity contribution in [3.63, 3.8) is 0 Å². The fraction of sp³-hybridized carbons (Fsp3) is 0.286. The number of amides is 1. The minimum atomic E-state index is 0.159. The Morgan fingerprint density at radius 2 is 1.96 bits per heavy atom. The van der Waals surface area contributed by atoms with Gasteiger partial charge < -0.3 is 9.32 Å². The zero-order chi connectivity index (χ0) is 17.5. The Bertz CT molecular complexity index is 751. The van der Waals surface area contributed by atoms with E-state index in [9.17, 15) is 4.79 Å². The predicted molar refractivity (Wildman–Crippen MR) is 102 cm³/mol. The Labute approximate surface area is 152 Å². The van der Waals surface area contributed by atoms with E-state index >= 15 is 0 Å². The molecule has 0 aliphatic heterocycles. The first-order valence-electron chi connectivity index (χ1n) is 8.66. The first kappa shape index (κ1) is 17.5. The van der Waals surface area contributed by atoms with E-state index in [1.165, 1.54) is 10.4 Å². The van der Waals surface area contributed by atoms with E-state index in [1.54, 1.807) is 17.6 Å². The largest absolute Gasteiger partial charge is 0.469 e. The van der Waals surface area contributed by atoms with Gasteiger partial charge >= 0.3 is 0 Å². The molecule has 3 nitrogen and oxygen atoms in total. The molecule has 1 amide bonds. The van der Waals surface area contributed by atoms with Gasteiger partial charge in [-0.2, -0.15) is 0 Å². The van der Waals surface area contributed by atoms with E-state index in [1.807, 2.05) is 48.2 Å². The van der Waals surface area contributed by atoms with Gasteiger partial charge in [0.1, 0.15) is 5.76 Å². The number of carbonyl (C=O) groups is 1. The lowest BCUT2D eigenvalue weighted by Crippen LogP contribution is -2.31. The summed E-state index contributed by atoms with van der Waals surface area (Å²) in [7, 11) is 0. The highest BCUT2D eigenvalue weighted by Crippen LogP contribution is 2.29. The first-order chi connectivity index (χ1) is 12.3. The maximum atomic E-state index is 12.4. The molecule has 25 heavy (non-hydrogen) atoms. The molecule has 0 radical (unpaired) electrons. The van der Waals surface area contributed by atoms with Crippen molar-refractivity contribution >= 4 is 17.2 Å². The first-order valence-corrected chi connectivity index (χ1v) is 9.54. The van der Waals surface area contributed by atoms with Gasteiger partial charge in [-0.1, -0.05) is 43.3 Å². The van der Waals surface area contributed by atoms with Crippen molar-refractivity contribution in [2.75, 3.05) is 6.54 Å². The molecule has 3 rings (SSSR count). The van der Waals surface area contributed by atoms with E-state index in [2.05, 4.69) is 23.6 Å². The summed E-state index contributed by atoms with van der Waals surface area (Å²) in [5, 5.41) is 2.06. The van der Waals surface area contributed by atoms with Gasteiger partial charge in [0.05, 0.1) is 12.8 Å². The second-order valence-electron chi connectivity index (χ2n) is 6.02. The van der Waals surface area contributed by atoms with E-state index in [4.69, 9.17) is 4.42 Å². The normalized spacial score (nSPS) is 12.0. The molecule has 0 saturated carbocycles. The summed E-state index contributed by atoms with van der Waals surface area (Å²) in [5.74, 6) is 1.30. The summed E-state index contributed by atoms with van der Waals surface area (Å²) in [4.78, 5) is 15.6. The highest BCUT2D eigenvalue weighted by atomic mass is 32.1. The third-order valence-corrected chi connectivity index (χ3v) is 5.22. The molecule has 1 atom stereocenters. The maximum Gasteiger partial charge on any atom is 0.222 e. The Balaban J connectivity index is 1.75. The molecule has 0 aliphatic rings. The van der Waals surface area contributed by atoms with Crippen LogP contribution in [0.25, 0.3) is 0 Å². The molecule has 2 aromatic heterocycles. The Morgan fingerprint density at radius 3 is 2.60 bits per heavy atom. The molecule has 0 unspecified atom stereocenters. The van der Waals surface area contributed by atoms with Crippen molar-refractivity contribution in [3.05, 3.63) is 82.4 Å². The molecular weight excluding hydrogens is 330 g/mol. The SMILES string of the molecule is CCC(=O)N(CC[C@@H](c1ccccc1)c1ccco1)Cc1cccs1. The number of furan rings is 1. The van der Waals surface area contributed by atoms with Gasteiger partial charge in [-0.3, -0.25) is 4.79 Å². The second-order valence-corrected chi connectivity index (χ2v) is 7.05. The van der Waals surface area contributed by atoms with Crippen molar-refractivity contribution in [2.24, 2.45) is 0 Å². The number of rotatable bonds is 8. The van der Waals surface area contributed by atoms with E-state index in [0.717, 1.165) is 12.2 Å². The Kier molecular flexibility index (Phi) is 6.07. The molecule has 2 heterocycles. The van der Waals surface area contributed by atoms with Crippen molar-refractivity contribution < 1.29 is 9.21 Å². The van der Waals surface area contributed by atoms with Crippen molar-refractivity contribution in [1.82, 2.24) is 4.90 Å². The zero-order valence-electron chi connectivity index (χ0n) is 14.4. The average molecular weight is 353 g/mol. The van der Waals surface area contributed by atoms with E-state index < -0.39 is 0 Å². The molecule has 130 valence electrons. The number of benzene rings is 1. The van der Waals surface area contributed by atoms with Gasteiger partial charge in [-0.05, 0) is 35.6 Å². The monoisotopic (exact) mass is 353 g/mol. The molecule has 0 saturated heterocycles. The number of carbonyl (C=O) groups excluding carboxylic acids is 1. The van der Waals surface area contributed by atoms with Gasteiger partial charge in [0.2, 0.25) is 5.91 Å². The predicted octanol–water partition coefficient (Wildman–Crippen LogP) is 5.30. The number of hydrogen-bond donors (Lipinski definition) is 0. The van der Waals surface area contributed by atoms with Crippen molar-refractivity contribution in [1.29, 1.82) is 0 Å². The van der Waals surface area contributed by atoms with Gasteiger partial charge in [0, 0.05) is 23.8 Å². The maximum absolute atomic E-state index is 12.4. The zero-order valence-corrected chi connectivity index (χ0v) is 15.2. The van der Waals surface area contributed by atoms with Crippen LogP contribution in [0, 0.1) is 0 Å². The van der Waals surface area contributed by atoms with Crippen LogP contribution in [0.15, 0.2) is 70.7 Å². The summed E-state index contributed by atoms with van der Waals surface area (Å²) in [6, 6.07) is 18.4. The smallest absolute Gasteiger partial charge is 0.222 e. The van der Waals surface area contributed by atoms with Crippen LogP contribution in [0.3, 0.4) is 0 Å². The summed E-state index contributed by atoms with van der Waals surface area (Å²) >= 11 is 1.70. The van der Waals surface area contributed by atoms with Crippen LogP contribution in [-0.4, -0.2) is 17.4 Å². The third kappa shape index (κ3) is 4.60. The molecular formula is C21H23NO2S. The minimum Gasteiger partial charge on any atom is -0.469 e. The number of thiophene rings is 1. The van der Waals surface area contributed by atoms with Gasteiger partial charge in [-0.25, -0.2) is 0 Å². The lowest BCUT2D eigenvalue weighted by molar-refractivity contribution is -0.131. The molecule has 1 aromatic carbocycles. The third-order valence-electron chi connectivity index (χ3n) is 4.36. The summed E-state index contributed by atoms with van der Waals surface area (Å²) in [5.41, 5.74) is 1.22. The Hall–Kier alpha value is -2.33. The van der Waals surface area contributed by atoms with E-state index in [-0.39, 0.29) is 11.8 Å². The lowest BCUT2D eigenvalue weighted by atomic mass is 9.93. The van der Waals surface area contributed by atoms with Crippen LogP contribution in [-0.2, 0) is 11.3 Å². The van der Waals surface area contributed by atoms with Crippen LogP contribution in [0.4, 0.5) is 0 Å². The quantitative estimate of drug-likeness (QED) is 0.550. The highest BCUT2D eigenvalue weighted by Gasteiger charge is 2.20. The molecule has 0 bridgehead atoms. The molecule has 0 N–H and O–H groups in total. The van der Waals surface area contributed by atoms with E-state index in [0.29, 0.717) is 19.5 Å². The minimum absolute atomic E-state index is 0.159. The van der Waals surface area contributed by atoms with Gasteiger partial charge in [0.25, 0.3) is 0 Å². The van der Waals surface area contributed by atoms with Gasteiger partial charge in [0.15, 0.2) is 0 Å². The summed E-state index contributed by atoms with van der Waals surface area (Å²) in [6.07, 6.45) is 3.09. The van der Waals surface area contributed by atoms with Crippen LogP contribution >= 0.6 is 11.3 Å². The van der Waals surface area contributed by atoms with Crippen LogP contribution < -0.4 is 0 Å². The molecule has 0 aliphatic carbocycles. The van der Waals surface area contributed by atoms with Crippen LogP contribution in [0.5, 0.6) is 0 Å². The van der Waals surface area contributed by atoms with Crippen LogP contribution in [0.2, 0.25) is 0 Å². The fourth-order valence-corrected chi connectivity index (χ4v) is 3.76. The molecule has 3 aromatic rings. The molecule has 4 heteroatoms. The average Bonchev–Trinajstić information content (AvgIpc) is 3.35. The van der Waals surface area contributed by atoms with Gasteiger partial charge in [-0.15, -0.1) is 11.3 Å². The highest BCUT2D eigenvalue weighted by molar-refractivity contribution is 7.09. The number of hydrogen-bond acceptors (Lipinski definition) is 3. The van der Waals surface area contributed by atoms with Crippen molar-refractivity contribution in [3.8, 4) is 0 Å². The molecule has 0 spiro atoms. The lowest BCUT2D eigenvalue weighted by Gasteiger charge is -2.24. The van der Waals surface area contributed by atoms with Crippen LogP contribution in [0.1, 0.15) is 41.9 Å². The summed E-state index contributed by atoms with van der Waals surface area (Å²) in [6.45, 7) is 3.32. The topological polar surface area (TPSA) is 33.5 Å².